The number of halogens is 1. The van der Waals surface area contributed by atoms with Gasteiger partial charge in [-0.15, -0.1) is 22.7 Å². The zero-order valence-corrected chi connectivity index (χ0v) is 13.8. The molecule has 98 valence electrons. The fraction of sp³-hybridized carbons (Fsp3) is 0.462. The van der Waals surface area contributed by atoms with Gasteiger partial charge in [-0.1, -0.05) is 6.92 Å². The Bertz CT molecular complexity index is 493. The molecule has 0 aromatic carbocycles. The molecule has 0 bridgehead atoms. The molecular weight excluding hydrogens is 328 g/mol. The molecule has 1 unspecified atom stereocenters. The van der Waals surface area contributed by atoms with Crippen LogP contribution >= 0.6 is 38.6 Å². The van der Waals surface area contributed by atoms with Crippen LogP contribution in [0.25, 0.3) is 0 Å². The van der Waals surface area contributed by atoms with Crippen molar-refractivity contribution in [1.82, 2.24) is 10.3 Å². The second-order valence-corrected chi connectivity index (χ2v) is 6.97. The predicted octanol–water partition coefficient (Wildman–Crippen LogP) is 4.56. The van der Waals surface area contributed by atoms with E-state index < -0.39 is 0 Å². The van der Waals surface area contributed by atoms with Gasteiger partial charge in [0.25, 0.3) is 0 Å². The number of nitrogens with one attached hydrogen (secondary N) is 1. The molecule has 18 heavy (non-hydrogen) atoms. The van der Waals surface area contributed by atoms with Crippen LogP contribution in [0.3, 0.4) is 0 Å². The van der Waals surface area contributed by atoms with Gasteiger partial charge in [-0.2, -0.15) is 0 Å². The van der Waals surface area contributed by atoms with Crippen LogP contribution in [0.5, 0.6) is 0 Å². The molecule has 0 radical (unpaired) electrons. The normalized spacial score (nSPS) is 12.8. The largest absolute Gasteiger partial charge is 0.309 e. The van der Waals surface area contributed by atoms with Crippen LogP contribution in [0.2, 0.25) is 0 Å². The second-order valence-electron chi connectivity index (χ2n) is 4.23. The maximum absolute atomic E-state index is 4.57. The monoisotopic (exact) mass is 344 g/mol. The van der Waals surface area contributed by atoms with Crippen molar-refractivity contribution in [2.24, 2.45) is 0 Å². The molecule has 0 amide bonds. The Hall–Kier alpha value is -0.230. The summed E-state index contributed by atoms with van der Waals surface area (Å²) in [6.07, 6.45) is 2.12. The van der Waals surface area contributed by atoms with Gasteiger partial charge in [0.2, 0.25) is 0 Å². The van der Waals surface area contributed by atoms with Crippen LogP contribution in [0, 0.1) is 6.92 Å². The van der Waals surface area contributed by atoms with E-state index in [2.05, 4.69) is 56.9 Å². The van der Waals surface area contributed by atoms with E-state index in [0.717, 1.165) is 25.1 Å². The molecule has 5 heteroatoms. The number of thiazole rings is 1. The van der Waals surface area contributed by atoms with Gasteiger partial charge in [-0.25, -0.2) is 4.98 Å². The minimum absolute atomic E-state index is 0.366. The topological polar surface area (TPSA) is 24.9 Å². The van der Waals surface area contributed by atoms with Gasteiger partial charge >= 0.3 is 0 Å². The summed E-state index contributed by atoms with van der Waals surface area (Å²) < 4.78 is 1.20. The first-order valence-corrected chi connectivity index (χ1v) is 8.63. The van der Waals surface area contributed by atoms with Crippen LogP contribution in [0.1, 0.15) is 35.0 Å². The first-order chi connectivity index (χ1) is 8.70. The third kappa shape index (κ3) is 3.63. The van der Waals surface area contributed by atoms with Crippen molar-refractivity contribution < 1.29 is 0 Å². The lowest BCUT2D eigenvalue weighted by atomic mass is 10.1. The summed E-state index contributed by atoms with van der Waals surface area (Å²) >= 11 is 7.19. The summed E-state index contributed by atoms with van der Waals surface area (Å²) in [5.41, 5.74) is 1.12. The van der Waals surface area contributed by atoms with E-state index >= 15 is 0 Å². The number of hydrogen-bond acceptors (Lipinski definition) is 4. The predicted molar refractivity (Wildman–Crippen MR) is 83.6 cm³/mol. The van der Waals surface area contributed by atoms with Crippen molar-refractivity contribution in [2.75, 3.05) is 6.54 Å². The van der Waals surface area contributed by atoms with E-state index in [0.29, 0.717) is 6.04 Å². The highest BCUT2D eigenvalue weighted by atomic mass is 79.9. The van der Waals surface area contributed by atoms with Gasteiger partial charge in [0.05, 0.1) is 5.01 Å². The van der Waals surface area contributed by atoms with E-state index in [9.17, 15) is 0 Å². The fourth-order valence-corrected chi connectivity index (χ4v) is 4.35. The molecule has 2 rings (SSSR count). The summed E-state index contributed by atoms with van der Waals surface area (Å²) in [5.74, 6) is 0. The molecule has 1 atom stereocenters. The lowest BCUT2D eigenvalue weighted by Gasteiger charge is -2.16. The molecule has 0 aliphatic heterocycles. The summed E-state index contributed by atoms with van der Waals surface area (Å²) in [5, 5.41) is 9.08. The molecule has 2 nitrogen and oxygen atoms in total. The minimum Gasteiger partial charge on any atom is -0.309 e. The van der Waals surface area contributed by atoms with Crippen molar-refractivity contribution in [1.29, 1.82) is 0 Å². The van der Waals surface area contributed by atoms with E-state index in [1.165, 1.54) is 14.4 Å². The van der Waals surface area contributed by atoms with Crippen LogP contribution in [-0.2, 0) is 6.42 Å². The maximum atomic E-state index is 4.57. The fourth-order valence-electron chi connectivity index (χ4n) is 1.80. The van der Waals surface area contributed by atoms with Crippen LogP contribution in [0.15, 0.2) is 21.3 Å². The molecule has 0 aliphatic carbocycles. The van der Waals surface area contributed by atoms with Crippen molar-refractivity contribution in [2.45, 2.75) is 32.7 Å². The second kappa shape index (κ2) is 6.80. The molecule has 2 heterocycles. The lowest BCUT2D eigenvalue weighted by molar-refractivity contribution is 0.534. The Labute approximate surface area is 125 Å². The molecular formula is C13H17BrN2S2. The van der Waals surface area contributed by atoms with Gasteiger partial charge in [-0.3, -0.25) is 0 Å². The molecule has 0 aliphatic rings. The molecule has 0 fully saturated rings. The van der Waals surface area contributed by atoms with Gasteiger partial charge in [0.15, 0.2) is 0 Å². The summed E-state index contributed by atoms with van der Waals surface area (Å²) in [4.78, 5) is 5.94. The smallest absolute Gasteiger partial charge is 0.0947 e. The molecule has 0 spiro atoms. The Kier molecular flexibility index (Phi) is 5.36. The molecule has 2 aromatic heterocycles. The SMILES string of the molecule is CCCNC(Cc1nc(C)cs1)c1sccc1Br. The number of thiophene rings is 1. The lowest BCUT2D eigenvalue weighted by Crippen LogP contribution is -2.23. The molecule has 0 saturated carbocycles. The van der Waals surface area contributed by atoms with Gasteiger partial charge in [-0.05, 0) is 47.3 Å². The van der Waals surface area contributed by atoms with E-state index in [4.69, 9.17) is 0 Å². The van der Waals surface area contributed by atoms with Crippen molar-refractivity contribution in [3.05, 3.63) is 36.9 Å². The number of aryl methyl sites for hydroxylation is 1. The average Bonchev–Trinajstić information content (AvgIpc) is 2.93. The van der Waals surface area contributed by atoms with Gasteiger partial charge < -0.3 is 5.32 Å². The number of aromatic nitrogens is 1. The number of nitrogens with zero attached hydrogens (tertiary/aromatic N) is 1. The molecule has 2 aromatic rings. The van der Waals surface area contributed by atoms with Crippen molar-refractivity contribution >= 4 is 38.6 Å². The standard InChI is InChI=1S/C13H17BrN2S2/c1-3-5-15-11(13-10(14)4-6-17-13)7-12-16-9(2)8-18-12/h4,6,8,11,15H,3,5,7H2,1-2H3. The summed E-state index contributed by atoms with van der Waals surface area (Å²) in [6.45, 7) is 5.29. The summed E-state index contributed by atoms with van der Waals surface area (Å²) in [6, 6.07) is 2.48. The van der Waals surface area contributed by atoms with Gasteiger partial charge in [0.1, 0.15) is 0 Å². The van der Waals surface area contributed by atoms with E-state index in [-0.39, 0.29) is 0 Å². The minimum atomic E-state index is 0.366. The van der Waals surface area contributed by atoms with Crippen LogP contribution in [0.4, 0.5) is 0 Å². The highest BCUT2D eigenvalue weighted by Gasteiger charge is 2.17. The molecule has 1 N–H and O–H groups in total. The molecule has 0 saturated heterocycles. The third-order valence-corrected chi connectivity index (χ3v) is 5.62. The highest BCUT2D eigenvalue weighted by molar-refractivity contribution is 9.10. The average molecular weight is 345 g/mol. The highest BCUT2D eigenvalue weighted by Crippen LogP contribution is 2.31. The van der Waals surface area contributed by atoms with Crippen molar-refractivity contribution in [3.8, 4) is 0 Å². The van der Waals surface area contributed by atoms with Crippen molar-refractivity contribution in [3.63, 3.8) is 0 Å². The summed E-state index contributed by atoms with van der Waals surface area (Å²) in [7, 11) is 0. The zero-order chi connectivity index (χ0) is 13.0. The Morgan fingerprint density at radius 3 is 2.83 bits per heavy atom. The van der Waals surface area contributed by atoms with Crippen LogP contribution in [-0.4, -0.2) is 11.5 Å². The van der Waals surface area contributed by atoms with E-state index in [1.807, 2.05) is 0 Å². The maximum Gasteiger partial charge on any atom is 0.0947 e. The number of rotatable bonds is 6. The number of hydrogen-bond donors (Lipinski definition) is 1. The third-order valence-electron chi connectivity index (χ3n) is 2.65. The Balaban J connectivity index is 2.12. The Morgan fingerprint density at radius 2 is 2.28 bits per heavy atom. The van der Waals surface area contributed by atoms with E-state index in [1.54, 1.807) is 22.7 Å². The van der Waals surface area contributed by atoms with Gasteiger partial charge in [0, 0.05) is 32.9 Å². The van der Waals surface area contributed by atoms with Crippen LogP contribution < -0.4 is 5.32 Å². The first-order valence-electron chi connectivity index (χ1n) is 6.08. The quantitative estimate of drug-likeness (QED) is 0.830. The zero-order valence-electron chi connectivity index (χ0n) is 10.6. The first kappa shape index (κ1) is 14.2. The Morgan fingerprint density at radius 1 is 1.44 bits per heavy atom.